The van der Waals surface area contributed by atoms with E-state index in [2.05, 4.69) is 6.92 Å². The number of nitrogens with two attached hydrogens (primary N) is 1. The lowest BCUT2D eigenvalue weighted by atomic mass is 9.75. The first-order valence-electron chi connectivity index (χ1n) is 4.99. The zero-order valence-corrected chi connectivity index (χ0v) is 8.51. The number of hydrogen-bond acceptors (Lipinski definition) is 3. The summed E-state index contributed by atoms with van der Waals surface area (Å²) in [5, 5.41) is 0. The van der Waals surface area contributed by atoms with Crippen LogP contribution in [0.15, 0.2) is 0 Å². The number of rotatable bonds is 2. The van der Waals surface area contributed by atoms with Crippen LogP contribution in [0.25, 0.3) is 0 Å². The minimum absolute atomic E-state index is 0.245. The SMILES string of the molecule is CC[C@H]1CCC[C@@](N)(C(=O)OC)C1. The molecule has 0 bridgehead atoms. The van der Waals surface area contributed by atoms with Gasteiger partial charge in [0.15, 0.2) is 0 Å². The Morgan fingerprint density at radius 1 is 1.69 bits per heavy atom. The molecular weight excluding hydrogens is 166 g/mol. The molecule has 0 aliphatic heterocycles. The van der Waals surface area contributed by atoms with Crippen LogP contribution in [0, 0.1) is 5.92 Å². The Hall–Kier alpha value is -0.570. The molecular formula is C10H19NO2. The van der Waals surface area contributed by atoms with E-state index in [0.717, 1.165) is 25.7 Å². The smallest absolute Gasteiger partial charge is 0.325 e. The van der Waals surface area contributed by atoms with Crippen molar-refractivity contribution in [2.24, 2.45) is 11.7 Å². The Morgan fingerprint density at radius 2 is 2.38 bits per heavy atom. The second-order valence-corrected chi connectivity index (χ2v) is 4.02. The van der Waals surface area contributed by atoms with E-state index in [4.69, 9.17) is 10.5 Å². The summed E-state index contributed by atoms with van der Waals surface area (Å²) in [6.07, 6.45) is 4.92. The van der Waals surface area contributed by atoms with Crippen LogP contribution in [0.3, 0.4) is 0 Å². The number of esters is 1. The number of carbonyl (C=O) groups is 1. The van der Waals surface area contributed by atoms with Crippen molar-refractivity contribution in [1.82, 2.24) is 0 Å². The lowest BCUT2D eigenvalue weighted by molar-refractivity contribution is -0.149. The summed E-state index contributed by atoms with van der Waals surface area (Å²) in [5.41, 5.74) is 5.30. The maximum atomic E-state index is 11.4. The van der Waals surface area contributed by atoms with E-state index in [1.165, 1.54) is 13.5 Å². The summed E-state index contributed by atoms with van der Waals surface area (Å²) >= 11 is 0. The number of methoxy groups -OCH3 is 1. The van der Waals surface area contributed by atoms with Gasteiger partial charge in [-0.2, -0.15) is 0 Å². The van der Waals surface area contributed by atoms with Gasteiger partial charge in [0.2, 0.25) is 0 Å². The van der Waals surface area contributed by atoms with Crippen molar-refractivity contribution in [3.63, 3.8) is 0 Å². The third-order valence-electron chi connectivity index (χ3n) is 3.06. The molecule has 0 aromatic heterocycles. The fourth-order valence-electron chi connectivity index (χ4n) is 2.16. The molecule has 13 heavy (non-hydrogen) atoms. The Kier molecular flexibility index (Phi) is 3.31. The Bertz CT molecular complexity index is 193. The highest BCUT2D eigenvalue weighted by Gasteiger charge is 2.39. The number of carbonyl (C=O) groups excluding carboxylic acids is 1. The maximum absolute atomic E-state index is 11.4. The molecule has 1 saturated carbocycles. The van der Waals surface area contributed by atoms with Crippen molar-refractivity contribution in [2.45, 2.75) is 44.6 Å². The molecule has 0 saturated heterocycles. The van der Waals surface area contributed by atoms with Crippen LogP contribution in [0.4, 0.5) is 0 Å². The van der Waals surface area contributed by atoms with Crippen LogP contribution in [0.2, 0.25) is 0 Å². The van der Waals surface area contributed by atoms with Crippen LogP contribution in [0.5, 0.6) is 0 Å². The summed E-state index contributed by atoms with van der Waals surface area (Å²) in [6, 6.07) is 0. The molecule has 0 heterocycles. The summed E-state index contributed by atoms with van der Waals surface area (Å²) in [7, 11) is 1.41. The molecule has 2 N–H and O–H groups in total. The molecule has 0 aromatic rings. The van der Waals surface area contributed by atoms with Gasteiger partial charge in [-0.05, 0) is 18.8 Å². The average molecular weight is 185 g/mol. The van der Waals surface area contributed by atoms with Crippen LogP contribution >= 0.6 is 0 Å². The van der Waals surface area contributed by atoms with Gasteiger partial charge < -0.3 is 10.5 Å². The van der Waals surface area contributed by atoms with E-state index in [-0.39, 0.29) is 5.97 Å². The first-order valence-corrected chi connectivity index (χ1v) is 4.99. The van der Waals surface area contributed by atoms with Gasteiger partial charge in [0, 0.05) is 0 Å². The van der Waals surface area contributed by atoms with Gasteiger partial charge in [-0.25, -0.2) is 0 Å². The van der Waals surface area contributed by atoms with E-state index in [9.17, 15) is 4.79 Å². The Balaban J connectivity index is 2.62. The topological polar surface area (TPSA) is 52.3 Å². The van der Waals surface area contributed by atoms with Crippen molar-refractivity contribution >= 4 is 5.97 Å². The fraction of sp³-hybridized carbons (Fsp3) is 0.900. The maximum Gasteiger partial charge on any atom is 0.325 e. The van der Waals surface area contributed by atoms with Crippen molar-refractivity contribution in [1.29, 1.82) is 0 Å². The van der Waals surface area contributed by atoms with Gasteiger partial charge >= 0.3 is 5.97 Å². The van der Waals surface area contributed by atoms with Gasteiger partial charge in [0.05, 0.1) is 7.11 Å². The van der Waals surface area contributed by atoms with E-state index in [0.29, 0.717) is 5.92 Å². The third-order valence-corrected chi connectivity index (χ3v) is 3.06. The van der Waals surface area contributed by atoms with Crippen molar-refractivity contribution in [3.05, 3.63) is 0 Å². The second kappa shape index (κ2) is 4.09. The Morgan fingerprint density at radius 3 is 2.92 bits per heavy atom. The normalized spacial score (nSPS) is 34.2. The zero-order valence-electron chi connectivity index (χ0n) is 8.51. The average Bonchev–Trinajstić information content (AvgIpc) is 2.16. The zero-order chi connectivity index (χ0) is 9.90. The number of ether oxygens (including phenoxy) is 1. The first kappa shape index (κ1) is 10.5. The van der Waals surface area contributed by atoms with Gasteiger partial charge in [0.1, 0.15) is 5.54 Å². The van der Waals surface area contributed by atoms with E-state index in [1.807, 2.05) is 0 Å². The third kappa shape index (κ3) is 2.21. The van der Waals surface area contributed by atoms with Crippen LogP contribution in [-0.4, -0.2) is 18.6 Å². The first-order chi connectivity index (χ1) is 6.12. The van der Waals surface area contributed by atoms with Crippen molar-refractivity contribution in [2.75, 3.05) is 7.11 Å². The van der Waals surface area contributed by atoms with E-state index >= 15 is 0 Å². The molecule has 2 atom stereocenters. The van der Waals surface area contributed by atoms with Gasteiger partial charge in [0.25, 0.3) is 0 Å². The molecule has 0 aromatic carbocycles. The van der Waals surface area contributed by atoms with Crippen molar-refractivity contribution in [3.8, 4) is 0 Å². The highest BCUT2D eigenvalue weighted by molar-refractivity contribution is 5.80. The van der Waals surface area contributed by atoms with Crippen LogP contribution in [-0.2, 0) is 9.53 Å². The molecule has 3 heteroatoms. The van der Waals surface area contributed by atoms with E-state index in [1.54, 1.807) is 0 Å². The van der Waals surface area contributed by atoms with Gasteiger partial charge in [-0.3, -0.25) is 4.79 Å². The second-order valence-electron chi connectivity index (χ2n) is 4.02. The Labute approximate surface area is 79.6 Å². The minimum Gasteiger partial charge on any atom is -0.468 e. The van der Waals surface area contributed by atoms with Gasteiger partial charge in [-0.1, -0.05) is 26.2 Å². The molecule has 3 nitrogen and oxygen atoms in total. The van der Waals surface area contributed by atoms with Crippen LogP contribution in [0.1, 0.15) is 39.0 Å². The molecule has 0 radical (unpaired) electrons. The standard InChI is InChI=1S/C10H19NO2/c1-3-8-5-4-6-10(11,7-8)9(12)13-2/h8H,3-7,11H2,1-2H3/t8-,10-/m0/s1. The molecule has 0 amide bonds. The lowest BCUT2D eigenvalue weighted by Gasteiger charge is -2.35. The lowest BCUT2D eigenvalue weighted by Crippen LogP contribution is -2.51. The predicted molar refractivity (Wildman–Crippen MR) is 51.2 cm³/mol. The van der Waals surface area contributed by atoms with Crippen LogP contribution < -0.4 is 5.73 Å². The summed E-state index contributed by atoms with van der Waals surface area (Å²) in [4.78, 5) is 11.4. The monoisotopic (exact) mass is 185 g/mol. The molecule has 1 rings (SSSR count). The fourth-order valence-corrected chi connectivity index (χ4v) is 2.16. The number of hydrogen-bond donors (Lipinski definition) is 1. The molecule has 1 fully saturated rings. The summed E-state index contributed by atoms with van der Waals surface area (Å²) in [5.74, 6) is 0.350. The molecule has 0 spiro atoms. The quantitative estimate of drug-likeness (QED) is 0.662. The molecule has 1 aliphatic carbocycles. The highest BCUT2D eigenvalue weighted by atomic mass is 16.5. The van der Waals surface area contributed by atoms with Crippen molar-refractivity contribution < 1.29 is 9.53 Å². The summed E-state index contributed by atoms with van der Waals surface area (Å²) in [6.45, 7) is 2.15. The highest BCUT2D eigenvalue weighted by Crippen LogP contribution is 2.33. The minimum atomic E-state index is -0.701. The molecule has 0 unspecified atom stereocenters. The molecule has 76 valence electrons. The largest absolute Gasteiger partial charge is 0.468 e. The van der Waals surface area contributed by atoms with E-state index < -0.39 is 5.54 Å². The van der Waals surface area contributed by atoms with Gasteiger partial charge in [-0.15, -0.1) is 0 Å². The molecule has 1 aliphatic rings. The summed E-state index contributed by atoms with van der Waals surface area (Å²) < 4.78 is 4.72. The predicted octanol–water partition coefficient (Wildman–Crippen LogP) is 1.46.